The van der Waals surface area contributed by atoms with E-state index in [0.29, 0.717) is 11.1 Å². The van der Waals surface area contributed by atoms with Crippen LogP contribution >= 0.6 is 23.2 Å². The Balaban J connectivity index is 2.51. The van der Waals surface area contributed by atoms with Gasteiger partial charge < -0.3 is 5.73 Å². The van der Waals surface area contributed by atoms with Crippen LogP contribution in [0.4, 0.5) is 5.69 Å². The highest BCUT2D eigenvalue weighted by molar-refractivity contribution is 6.39. The number of carbonyl (C=O) groups is 1. The maximum atomic E-state index is 12.3. The van der Waals surface area contributed by atoms with Crippen LogP contribution in [-0.2, 0) is 0 Å². The van der Waals surface area contributed by atoms with E-state index in [1.54, 1.807) is 12.3 Å². The molecule has 2 aromatic rings. The van der Waals surface area contributed by atoms with Crippen molar-refractivity contribution in [1.29, 1.82) is 0 Å². The molecule has 0 bridgehead atoms. The molecule has 0 spiro atoms. The molecule has 0 fully saturated rings. The number of carbonyl (C=O) groups excluding carboxylic acids is 1. The zero-order chi connectivity index (χ0) is 13.3. The van der Waals surface area contributed by atoms with Crippen molar-refractivity contribution in [3.63, 3.8) is 0 Å². The number of ketones is 1. The van der Waals surface area contributed by atoms with E-state index >= 15 is 0 Å². The van der Waals surface area contributed by atoms with Crippen molar-refractivity contribution in [3.05, 3.63) is 57.3 Å². The molecular weight excluding hydrogens is 271 g/mol. The number of nitrogens with zero attached hydrogens (tertiary/aromatic N) is 1. The van der Waals surface area contributed by atoms with Gasteiger partial charge in [-0.25, -0.2) is 0 Å². The minimum Gasteiger partial charge on any atom is -0.396 e. The highest BCUT2D eigenvalue weighted by atomic mass is 35.5. The Labute approximate surface area is 115 Å². The van der Waals surface area contributed by atoms with Gasteiger partial charge >= 0.3 is 0 Å². The van der Waals surface area contributed by atoms with Crippen LogP contribution in [0.5, 0.6) is 0 Å². The Morgan fingerprint density at radius 2 is 1.89 bits per heavy atom. The number of rotatable bonds is 2. The van der Waals surface area contributed by atoms with Crippen LogP contribution in [0.2, 0.25) is 10.0 Å². The molecule has 92 valence electrons. The summed E-state index contributed by atoms with van der Waals surface area (Å²) < 4.78 is 0. The van der Waals surface area contributed by atoms with Crippen molar-refractivity contribution < 1.29 is 4.79 Å². The van der Waals surface area contributed by atoms with Gasteiger partial charge in [-0.15, -0.1) is 0 Å². The lowest BCUT2D eigenvalue weighted by Gasteiger charge is -2.07. The second-order valence-electron chi connectivity index (χ2n) is 3.87. The fourth-order valence-electron chi connectivity index (χ4n) is 1.57. The fraction of sp³-hybridized carbons (Fsp3) is 0.0769. The SMILES string of the molecule is Cc1ccncc1C(=O)c1cc(Cl)c(N)c(Cl)c1. The molecule has 18 heavy (non-hydrogen) atoms. The molecule has 0 saturated carbocycles. The van der Waals surface area contributed by atoms with Gasteiger partial charge in [0.2, 0.25) is 0 Å². The molecule has 0 saturated heterocycles. The van der Waals surface area contributed by atoms with Crippen molar-refractivity contribution >= 4 is 34.7 Å². The fourth-order valence-corrected chi connectivity index (χ4v) is 2.06. The van der Waals surface area contributed by atoms with Crippen molar-refractivity contribution in [2.45, 2.75) is 6.92 Å². The Hall–Kier alpha value is -1.58. The van der Waals surface area contributed by atoms with E-state index in [-0.39, 0.29) is 21.5 Å². The molecule has 5 heteroatoms. The number of hydrogen-bond donors (Lipinski definition) is 1. The first-order chi connectivity index (χ1) is 8.50. The summed E-state index contributed by atoms with van der Waals surface area (Å²) in [6, 6.07) is 4.79. The standard InChI is InChI=1S/C13H10Cl2N2O/c1-7-2-3-17-6-9(7)13(18)8-4-10(14)12(16)11(15)5-8/h2-6H,16H2,1H3. The topological polar surface area (TPSA) is 56.0 Å². The Bertz CT molecular complexity index is 603. The summed E-state index contributed by atoms with van der Waals surface area (Å²) in [5, 5.41) is 0.541. The van der Waals surface area contributed by atoms with E-state index in [1.807, 2.05) is 6.92 Å². The van der Waals surface area contributed by atoms with E-state index in [1.165, 1.54) is 18.3 Å². The number of benzene rings is 1. The van der Waals surface area contributed by atoms with Crippen molar-refractivity contribution in [2.75, 3.05) is 5.73 Å². The van der Waals surface area contributed by atoms with E-state index in [4.69, 9.17) is 28.9 Å². The Morgan fingerprint density at radius 3 is 2.44 bits per heavy atom. The van der Waals surface area contributed by atoms with Crippen molar-refractivity contribution in [2.24, 2.45) is 0 Å². The van der Waals surface area contributed by atoms with Crippen LogP contribution in [0.1, 0.15) is 21.5 Å². The van der Waals surface area contributed by atoms with E-state index in [9.17, 15) is 4.79 Å². The van der Waals surface area contributed by atoms with Crippen LogP contribution < -0.4 is 5.73 Å². The van der Waals surface area contributed by atoms with Gasteiger partial charge in [0.05, 0.1) is 15.7 Å². The average molecular weight is 281 g/mol. The lowest BCUT2D eigenvalue weighted by Crippen LogP contribution is -2.05. The number of hydrogen-bond acceptors (Lipinski definition) is 3. The predicted octanol–water partition coefficient (Wildman–Crippen LogP) is 3.51. The van der Waals surface area contributed by atoms with Crippen molar-refractivity contribution in [1.82, 2.24) is 4.98 Å². The largest absolute Gasteiger partial charge is 0.396 e. The van der Waals surface area contributed by atoms with Crippen LogP contribution in [0.25, 0.3) is 0 Å². The molecule has 2 rings (SSSR count). The first kappa shape index (κ1) is 12.9. The molecule has 1 aromatic heterocycles. The minimum absolute atomic E-state index is 0.176. The second kappa shape index (κ2) is 4.96. The first-order valence-electron chi connectivity index (χ1n) is 5.20. The van der Waals surface area contributed by atoms with E-state index in [2.05, 4.69) is 4.98 Å². The molecule has 2 N–H and O–H groups in total. The summed E-state index contributed by atoms with van der Waals surface area (Å²) in [7, 11) is 0. The van der Waals surface area contributed by atoms with Gasteiger partial charge in [0, 0.05) is 23.5 Å². The second-order valence-corrected chi connectivity index (χ2v) is 4.69. The predicted molar refractivity (Wildman–Crippen MR) is 73.3 cm³/mol. The minimum atomic E-state index is -0.176. The van der Waals surface area contributed by atoms with E-state index < -0.39 is 0 Å². The number of aryl methyl sites for hydroxylation is 1. The molecule has 0 amide bonds. The van der Waals surface area contributed by atoms with Gasteiger partial charge in [0.1, 0.15) is 0 Å². The van der Waals surface area contributed by atoms with Crippen LogP contribution in [0.3, 0.4) is 0 Å². The van der Waals surface area contributed by atoms with Gasteiger partial charge in [0.15, 0.2) is 5.78 Å². The van der Waals surface area contributed by atoms with E-state index in [0.717, 1.165) is 5.56 Å². The van der Waals surface area contributed by atoms with Crippen molar-refractivity contribution in [3.8, 4) is 0 Å². The zero-order valence-electron chi connectivity index (χ0n) is 9.58. The summed E-state index contributed by atoms with van der Waals surface area (Å²) in [5.41, 5.74) is 7.68. The molecule has 1 aromatic carbocycles. The maximum absolute atomic E-state index is 12.3. The molecule has 3 nitrogen and oxygen atoms in total. The number of pyridine rings is 1. The quantitative estimate of drug-likeness (QED) is 0.677. The summed E-state index contributed by atoms with van der Waals surface area (Å²) >= 11 is 11.8. The molecule has 0 radical (unpaired) electrons. The number of anilines is 1. The maximum Gasteiger partial charge on any atom is 0.194 e. The first-order valence-corrected chi connectivity index (χ1v) is 5.96. The van der Waals surface area contributed by atoms with Crippen LogP contribution in [0, 0.1) is 6.92 Å². The van der Waals surface area contributed by atoms with Crippen LogP contribution in [0.15, 0.2) is 30.6 Å². The van der Waals surface area contributed by atoms with Gasteiger partial charge in [-0.05, 0) is 30.7 Å². The third-order valence-electron chi connectivity index (χ3n) is 2.62. The van der Waals surface area contributed by atoms with Gasteiger partial charge in [0.25, 0.3) is 0 Å². The summed E-state index contributed by atoms with van der Waals surface area (Å²) in [5.74, 6) is -0.176. The molecule has 1 heterocycles. The third kappa shape index (κ3) is 2.33. The van der Waals surface area contributed by atoms with Crippen LogP contribution in [-0.4, -0.2) is 10.8 Å². The summed E-state index contributed by atoms with van der Waals surface area (Å²) in [4.78, 5) is 16.2. The lowest BCUT2D eigenvalue weighted by molar-refractivity contribution is 0.103. The van der Waals surface area contributed by atoms with Gasteiger partial charge in [-0.3, -0.25) is 9.78 Å². The molecule has 0 aliphatic carbocycles. The molecule has 0 unspecified atom stereocenters. The van der Waals surface area contributed by atoms with Gasteiger partial charge in [-0.1, -0.05) is 23.2 Å². The molecule has 0 atom stereocenters. The Kier molecular flexibility index (Phi) is 3.55. The smallest absolute Gasteiger partial charge is 0.194 e. The molecular formula is C13H10Cl2N2O. The number of aromatic nitrogens is 1. The van der Waals surface area contributed by atoms with Gasteiger partial charge in [-0.2, -0.15) is 0 Å². The Morgan fingerprint density at radius 1 is 1.28 bits per heavy atom. The highest BCUT2D eigenvalue weighted by Gasteiger charge is 2.15. The zero-order valence-corrected chi connectivity index (χ0v) is 11.1. The summed E-state index contributed by atoms with van der Waals surface area (Å²) in [6.45, 7) is 1.84. The normalized spacial score (nSPS) is 10.4. The summed E-state index contributed by atoms with van der Waals surface area (Å²) in [6.07, 6.45) is 3.16. The molecule has 0 aliphatic heterocycles. The monoisotopic (exact) mass is 280 g/mol. The third-order valence-corrected chi connectivity index (χ3v) is 3.25. The number of halogens is 2. The number of nitrogens with two attached hydrogens (primary N) is 1. The average Bonchev–Trinajstić information content (AvgIpc) is 2.35. The highest BCUT2D eigenvalue weighted by Crippen LogP contribution is 2.29. The number of nitrogen functional groups attached to an aromatic ring is 1. The molecule has 0 aliphatic rings. The lowest BCUT2D eigenvalue weighted by atomic mass is 10.0.